The molecule has 0 aliphatic carbocycles. The van der Waals surface area contributed by atoms with E-state index < -0.39 is 6.04 Å². The van der Waals surface area contributed by atoms with Crippen molar-refractivity contribution >= 4 is 17.5 Å². The molecule has 0 saturated carbocycles. The van der Waals surface area contributed by atoms with Gasteiger partial charge in [0.25, 0.3) is 0 Å². The monoisotopic (exact) mass is 195 g/mol. The summed E-state index contributed by atoms with van der Waals surface area (Å²) in [7, 11) is 0. The number of Topliss-reactive ketones (excluding diaryl/α,β-unsaturated/α-hetero) is 1. The van der Waals surface area contributed by atoms with Crippen LogP contribution < -0.4 is 5.73 Å². The molecule has 0 bridgehead atoms. The molecule has 1 rings (SSSR count). The molecule has 0 aliphatic heterocycles. The minimum Gasteiger partial charge on any atom is -0.321 e. The number of thioether (sulfide) groups is 1. The van der Waals surface area contributed by atoms with Gasteiger partial charge < -0.3 is 5.73 Å². The van der Waals surface area contributed by atoms with E-state index in [-0.39, 0.29) is 5.78 Å². The molecule has 0 aliphatic rings. The maximum atomic E-state index is 11.5. The Morgan fingerprint density at radius 1 is 1.54 bits per heavy atom. The van der Waals surface area contributed by atoms with Crippen LogP contribution in [-0.4, -0.2) is 18.1 Å². The molecule has 1 aromatic rings. The summed E-state index contributed by atoms with van der Waals surface area (Å²) in [5.41, 5.74) is 6.20. The Morgan fingerprint density at radius 2 is 2.23 bits per heavy atom. The number of hydrogen-bond acceptors (Lipinski definition) is 3. The lowest BCUT2D eigenvalue weighted by molar-refractivity contribution is 0.0968. The van der Waals surface area contributed by atoms with Crippen molar-refractivity contribution in [2.24, 2.45) is 5.73 Å². The van der Waals surface area contributed by atoms with Gasteiger partial charge in [-0.2, -0.15) is 0 Å². The van der Waals surface area contributed by atoms with E-state index in [9.17, 15) is 4.79 Å². The quantitative estimate of drug-likeness (QED) is 0.592. The molecule has 0 amide bonds. The molecular formula is C10H13NOS. The van der Waals surface area contributed by atoms with Crippen molar-refractivity contribution in [2.75, 3.05) is 6.26 Å². The van der Waals surface area contributed by atoms with Crippen LogP contribution in [0.2, 0.25) is 0 Å². The third-order valence-electron chi connectivity index (χ3n) is 1.77. The topological polar surface area (TPSA) is 43.1 Å². The normalized spacial score (nSPS) is 12.5. The van der Waals surface area contributed by atoms with Gasteiger partial charge in [-0.3, -0.25) is 4.79 Å². The largest absolute Gasteiger partial charge is 0.321 e. The molecule has 3 heteroatoms. The van der Waals surface area contributed by atoms with Gasteiger partial charge >= 0.3 is 0 Å². The van der Waals surface area contributed by atoms with Gasteiger partial charge in [0.2, 0.25) is 0 Å². The fraction of sp³-hybridized carbons (Fsp3) is 0.300. The van der Waals surface area contributed by atoms with Gasteiger partial charge in [0.05, 0.1) is 6.04 Å². The third kappa shape index (κ3) is 2.57. The van der Waals surface area contributed by atoms with Crippen LogP contribution in [0.1, 0.15) is 17.3 Å². The molecule has 0 radical (unpaired) electrons. The average Bonchev–Trinajstić information content (AvgIpc) is 2.16. The first-order valence-corrected chi connectivity index (χ1v) is 5.31. The van der Waals surface area contributed by atoms with E-state index in [0.29, 0.717) is 5.56 Å². The average molecular weight is 195 g/mol. The van der Waals surface area contributed by atoms with E-state index in [1.54, 1.807) is 24.8 Å². The molecule has 2 N–H and O–H groups in total. The van der Waals surface area contributed by atoms with Gasteiger partial charge in [0.15, 0.2) is 5.78 Å². The Morgan fingerprint density at radius 3 is 2.77 bits per heavy atom. The first-order chi connectivity index (χ1) is 6.15. The third-order valence-corrected chi connectivity index (χ3v) is 2.49. The zero-order valence-electron chi connectivity index (χ0n) is 7.78. The second kappa shape index (κ2) is 4.44. The Hall–Kier alpha value is -0.800. The van der Waals surface area contributed by atoms with Gasteiger partial charge in [-0.25, -0.2) is 0 Å². The molecule has 0 aromatic heterocycles. The summed E-state index contributed by atoms with van der Waals surface area (Å²) in [5.74, 6) is -0.00380. The van der Waals surface area contributed by atoms with Crippen molar-refractivity contribution in [2.45, 2.75) is 17.9 Å². The van der Waals surface area contributed by atoms with E-state index in [1.807, 2.05) is 24.5 Å². The van der Waals surface area contributed by atoms with Crippen LogP contribution in [0.5, 0.6) is 0 Å². The second-order valence-corrected chi connectivity index (χ2v) is 3.76. The van der Waals surface area contributed by atoms with Gasteiger partial charge in [0, 0.05) is 10.5 Å². The van der Waals surface area contributed by atoms with Gasteiger partial charge in [-0.05, 0) is 25.3 Å². The molecule has 1 unspecified atom stereocenters. The summed E-state index contributed by atoms with van der Waals surface area (Å²) >= 11 is 1.62. The lowest BCUT2D eigenvalue weighted by atomic mass is 10.1. The van der Waals surface area contributed by atoms with E-state index in [0.717, 1.165) is 4.90 Å². The first-order valence-electron chi connectivity index (χ1n) is 4.09. The van der Waals surface area contributed by atoms with E-state index in [2.05, 4.69) is 0 Å². The maximum absolute atomic E-state index is 11.5. The SMILES string of the molecule is CSc1cccc(C(=O)C(C)N)c1. The number of carbonyl (C=O) groups is 1. The predicted octanol–water partition coefficient (Wildman–Crippen LogP) is 1.94. The van der Waals surface area contributed by atoms with Gasteiger partial charge in [-0.15, -0.1) is 11.8 Å². The molecular weight excluding hydrogens is 182 g/mol. The highest BCUT2D eigenvalue weighted by atomic mass is 32.2. The molecule has 13 heavy (non-hydrogen) atoms. The van der Waals surface area contributed by atoms with Crippen LogP contribution in [-0.2, 0) is 0 Å². The summed E-state index contributed by atoms with van der Waals surface area (Å²) in [4.78, 5) is 12.6. The minimum atomic E-state index is -0.419. The molecule has 1 aromatic carbocycles. The van der Waals surface area contributed by atoms with E-state index >= 15 is 0 Å². The number of rotatable bonds is 3. The fourth-order valence-corrected chi connectivity index (χ4v) is 1.50. The second-order valence-electron chi connectivity index (χ2n) is 2.88. The van der Waals surface area contributed by atoms with Crippen molar-refractivity contribution in [3.63, 3.8) is 0 Å². The number of ketones is 1. The molecule has 2 nitrogen and oxygen atoms in total. The van der Waals surface area contributed by atoms with Crippen molar-refractivity contribution < 1.29 is 4.79 Å². The molecule has 0 saturated heterocycles. The Labute approximate surface area is 82.5 Å². The van der Waals surface area contributed by atoms with Crippen molar-refractivity contribution in [1.82, 2.24) is 0 Å². The Balaban J connectivity index is 2.95. The van der Waals surface area contributed by atoms with Crippen molar-refractivity contribution in [1.29, 1.82) is 0 Å². The summed E-state index contributed by atoms with van der Waals surface area (Å²) in [6, 6.07) is 7.10. The smallest absolute Gasteiger partial charge is 0.179 e. The van der Waals surface area contributed by atoms with Crippen molar-refractivity contribution in [3.8, 4) is 0 Å². The highest BCUT2D eigenvalue weighted by Crippen LogP contribution is 2.16. The van der Waals surface area contributed by atoms with Gasteiger partial charge in [0.1, 0.15) is 0 Å². The van der Waals surface area contributed by atoms with Crippen LogP contribution in [0.4, 0.5) is 0 Å². The highest BCUT2D eigenvalue weighted by Gasteiger charge is 2.10. The van der Waals surface area contributed by atoms with Crippen molar-refractivity contribution in [3.05, 3.63) is 29.8 Å². The van der Waals surface area contributed by atoms with Crippen LogP contribution in [0.15, 0.2) is 29.2 Å². The number of nitrogens with two attached hydrogens (primary N) is 1. The first kappa shape index (κ1) is 10.3. The van der Waals surface area contributed by atoms with E-state index in [4.69, 9.17) is 5.73 Å². The summed E-state index contributed by atoms with van der Waals surface area (Å²) < 4.78 is 0. The summed E-state index contributed by atoms with van der Waals surface area (Å²) in [5, 5.41) is 0. The Bertz CT molecular complexity index is 310. The van der Waals surface area contributed by atoms with Crippen LogP contribution in [0, 0.1) is 0 Å². The van der Waals surface area contributed by atoms with E-state index in [1.165, 1.54) is 0 Å². The number of benzene rings is 1. The number of hydrogen-bond donors (Lipinski definition) is 1. The standard InChI is InChI=1S/C10H13NOS/c1-7(11)10(12)8-4-3-5-9(6-8)13-2/h3-7H,11H2,1-2H3. The van der Waals surface area contributed by atoms with Crippen LogP contribution in [0.25, 0.3) is 0 Å². The summed E-state index contributed by atoms with van der Waals surface area (Å²) in [6.45, 7) is 1.70. The van der Waals surface area contributed by atoms with Crippen LogP contribution in [0.3, 0.4) is 0 Å². The molecule has 0 spiro atoms. The molecule has 0 heterocycles. The van der Waals surface area contributed by atoms with Gasteiger partial charge in [-0.1, -0.05) is 12.1 Å². The fourth-order valence-electron chi connectivity index (χ4n) is 1.04. The molecule has 1 atom stereocenters. The Kier molecular flexibility index (Phi) is 3.51. The lowest BCUT2D eigenvalue weighted by Crippen LogP contribution is -2.26. The highest BCUT2D eigenvalue weighted by molar-refractivity contribution is 7.98. The predicted molar refractivity (Wildman–Crippen MR) is 56.2 cm³/mol. The molecule has 70 valence electrons. The number of carbonyl (C=O) groups excluding carboxylic acids is 1. The molecule has 0 fully saturated rings. The lowest BCUT2D eigenvalue weighted by Gasteiger charge is -2.05. The zero-order chi connectivity index (χ0) is 9.84. The summed E-state index contributed by atoms with van der Waals surface area (Å²) in [6.07, 6.45) is 1.98. The maximum Gasteiger partial charge on any atom is 0.179 e. The zero-order valence-corrected chi connectivity index (χ0v) is 8.60. The minimum absolute atomic E-state index is 0.00380. The van der Waals surface area contributed by atoms with Crippen LogP contribution >= 0.6 is 11.8 Å².